The Kier molecular flexibility index (Phi) is 5.06. The lowest BCUT2D eigenvalue weighted by molar-refractivity contribution is -0.134. The Morgan fingerprint density at radius 3 is 2.50 bits per heavy atom. The number of benzene rings is 2. The molecule has 1 aliphatic carbocycles. The topological polar surface area (TPSA) is 59.1 Å². The van der Waals surface area contributed by atoms with E-state index in [0.29, 0.717) is 26.2 Å². The summed E-state index contributed by atoms with van der Waals surface area (Å²) in [6.07, 6.45) is 2.85. The van der Waals surface area contributed by atoms with Crippen LogP contribution in [0.25, 0.3) is 0 Å². The highest BCUT2D eigenvalue weighted by molar-refractivity contribution is 7.98. The maximum atomic E-state index is 13.0. The van der Waals surface area contributed by atoms with E-state index in [-0.39, 0.29) is 30.4 Å². The molecule has 2 fully saturated rings. The molecule has 30 heavy (non-hydrogen) atoms. The molecule has 0 radical (unpaired) electrons. The van der Waals surface area contributed by atoms with Crippen LogP contribution in [0.15, 0.2) is 47.4 Å². The number of nitrogens with zero attached hydrogens (tertiary/aromatic N) is 2. The predicted molar refractivity (Wildman–Crippen MR) is 114 cm³/mol. The van der Waals surface area contributed by atoms with E-state index >= 15 is 0 Å². The van der Waals surface area contributed by atoms with Gasteiger partial charge >= 0.3 is 0 Å². The van der Waals surface area contributed by atoms with Crippen molar-refractivity contribution in [3.05, 3.63) is 53.6 Å². The molecule has 0 spiro atoms. The maximum absolute atomic E-state index is 13.0. The van der Waals surface area contributed by atoms with Crippen molar-refractivity contribution < 1.29 is 19.1 Å². The summed E-state index contributed by atoms with van der Waals surface area (Å²) in [4.78, 5) is 30.7. The Balaban J connectivity index is 1.18. The van der Waals surface area contributed by atoms with Gasteiger partial charge in [-0.05, 0) is 48.4 Å². The molecule has 6 nitrogen and oxygen atoms in total. The molecule has 2 unspecified atom stereocenters. The van der Waals surface area contributed by atoms with Gasteiger partial charge in [-0.2, -0.15) is 0 Å². The van der Waals surface area contributed by atoms with Gasteiger partial charge in [0.1, 0.15) is 0 Å². The van der Waals surface area contributed by atoms with Crippen molar-refractivity contribution in [3.8, 4) is 11.5 Å². The fourth-order valence-corrected chi connectivity index (χ4v) is 4.93. The molecule has 1 saturated carbocycles. The van der Waals surface area contributed by atoms with Gasteiger partial charge in [-0.25, -0.2) is 0 Å². The second-order valence-electron chi connectivity index (χ2n) is 7.88. The average Bonchev–Trinajstić information content (AvgIpc) is 3.46. The molecule has 0 aromatic heterocycles. The van der Waals surface area contributed by atoms with Crippen molar-refractivity contribution in [2.45, 2.75) is 17.2 Å². The number of hydrogen-bond acceptors (Lipinski definition) is 5. The Bertz CT molecular complexity index is 987. The van der Waals surface area contributed by atoms with Crippen LogP contribution >= 0.6 is 11.8 Å². The lowest BCUT2D eigenvalue weighted by Gasteiger charge is -2.35. The normalized spacial score (nSPS) is 22.2. The number of carbonyl (C=O) groups excluding carboxylic acids is 2. The molecule has 0 bridgehead atoms. The molecule has 2 heterocycles. The monoisotopic (exact) mass is 424 g/mol. The van der Waals surface area contributed by atoms with Crippen molar-refractivity contribution in [1.29, 1.82) is 0 Å². The van der Waals surface area contributed by atoms with Crippen LogP contribution < -0.4 is 9.47 Å². The summed E-state index contributed by atoms with van der Waals surface area (Å²) >= 11 is 1.58. The molecule has 5 rings (SSSR count). The van der Waals surface area contributed by atoms with E-state index in [4.69, 9.17) is 9.47 Å². The first-order valence-electron chi connectivity index (χ1n) is 10.3. The largest absolute Gasteiger partial charge is 0.454 e. The molecule has 0 N–H and O–H groups in total. The van der Waals surface area contributed by atoms with Crippen molar-refractivity contribution in [1.82, 2.24) is 9.80 Å². The Morgan fingerprint density at radius 1 is 0.967 bits per heavy atom. The number of hydrogen-bond donors (Lipinski definition) is 0. The molecule has 2 aromatic rings. The zero-order valence-electron chi connectivity index (χ0n) is 16.9. The number of fused-ring (bicyclic) bond motifs is 1. The summed E-state index contributed by atoms with van der Waals surface area (Å²) in [6.45, 7) is 2.60. The van der Waals surface area contributed by atoms with E-state index in [1.165, 1.54) is 0 Å². The lowest BCUT2D eigenvalue weighted by Crippen LogP contribution is -2.51. The summed E-state index contributed by atoms with van der Waals surface area (Å²) in [5, 5.41) is 0. The summed E-state index contributed by atoms with van der Waals surface area (Å²) in [7, 11) is 0. The van der Waals surface area contributed by atoms with Crippen LogP contribution in [-0.2, 0) is 4.79 Å². The van der Waals surface area contributed by atoms with Crippen molar-refractivity contribution in [2.24, 2.45) is 5.92 Å². The summed E-state index contributed by atoms with van der Waals surface area (Å²) in [5.74, 6) is 2.07. The lowest BCUT2D eigenvalue weighted by atomic mass is 10.1. The third kappa shape index (κ3) is 3.51. The van der Waals surface area contributed by atoms with Crippen LogP contribution in [0.1, 0.15) is 28.3 Å². The Hall–Kier alpha value is -2.67. The zero-order chi connectivity index (χ0) is 20.7. The molecule has 2 atom stereocenters. The van der Waals surface area contributed by atoms with Crippen LogP contribution in [-0.4, -0.2) is 60.8 Å². The Labute approximate surface area is 180 Å². The van der Waals surface area contributed by atoms with E-state index in [9.17, 15) is 9.59 Å². The molecule has 156 valence electrons. The molecular weight excluding hydrogens is 400 g/mol. The van der Waals surface area contributed by atoms with Gasteiger partial charge in [-0.15, -0.1) is 11.8 Å². The number of amides is 2. The number of ether oxygens (including phenoxy) is 2. The van der Waals surface area contributed by atoms with Crippen LogP contribution in [0.3, 0.4) is 0 Å². The van der Waals surface area contributed by atoms with Gasteiger partial charge in [-0.3, -0.25) is 9.59 Å². The summed E-state index contributed by atoms with van der Waals surface area (Å²) < 4.78 is 10.8. The SMILES string of the molecule is CSc1ccccc1C(=O)N1CCN(C(=O)C2CC2c2ccc3c(c2)OCO3)CC1. The number of thioether (sulfide) groups is 1. The fraction of sp³-hybridized carbons (Fsp3) is 0.391. The van der Waals surface area contributed by atoms with Crippen LogP contribution in [0, 0.1) is 5.92 Å². The second kappa shape index (κ2) is 7.87. The minimum absolute atomic E-state index is 0.0323. The van der Waals surface area contributed by atoms with E-state index < -0.39 is 0 Å². The molecular formula is C23H24N2O4S. The highest BCUT2D eigenvalue weighted by Crippen LogP contribution is 2.50. The van der Waals surface area contributed by atoms with Gasteiger partial charge in [0.15, 0.2) is 11.5 Å². The van der Waals surface area contributed by atoms with Gasteiger partial charge in [0.25, 0.3) is 5.91 Å². The standard InChI is InChI=1S/C23H24N2O4S/c1-30-21-5-3-2-4-16(21)22(26)24-8-10-25(11-9-24)23(27)18-13-17(18)15-6-7-19-20(12-15)29-14-28-19/h2-7,12,17-18H,8-11,13-14H2,1H3. The van der Waals surface area contributed by atoms with Crippen molar-refractivity contribution >= 4 is 23.6 Å². The van der Waals surface area contributed by atoms with E-state index in [1.54, 1.807) is 11.8 Å². The van der Waals surface area contributed by atoms with E-state index in [1.807, 2.05) is 58.5 Å². The third-order valence-corrected chi connectivity index (χ3v) is 6.94. The van der Waals surface area contributed by atoms with E-state index in [0.717, 1.165) is 33.9 Å². The first-order chi connectivity index (χ1) is 14.7. The maximum Gasteiger partial charge on any atom is 0.255 e. The molecule has 2 amide bonds. The smallest absolute Gasteiger partial charge is 0.255 e. The molecule has 3 aliphatic rings. The molecule has 1 saturated heterocycles. The summed E-state index contributed by atoms with van der Waals surface area (Å²) in [6, 6.07) is 13.7. The quantitative estimate of drug-likeness (QED) is 0.706. The number of piperazine rings is 1. The van der Waals surface area contributed by atoms with Gasteiger partial charge < -0.3 is 19.3 Å². The van der Waals surface area contributed by atoms with E-state index in [2.05, 4.69) is 0 Å². The van der Waals surface area contributed by atoms with Crippen molar-refractivity contribution in [3.63, 3.8) is 0 Å². The van der Waals surface area contributed by atoms with Gasteiger partial charge in [0.05, 0.1) is 5.56 Å². The minimum Gasteiger partial charge on any atom is -0.454 e. The van der Waals surface area contributed by atoms with Crippen LogP contribution in [0.2, 0.25) is 0 Å². The highest BCUT2D eigenvalue weighted by Gasteiger charge is 2.46. The minimum atomic E-state index is 0.0323. The Morgan fingerprint density at radius 2 is 1.70 bits per heavy atom. The van der Waals surface area contributed by atoms with Gasteiger partial charge in [-0.1, -0.05) is 18.2 Å². The third-order valence-electron chi connectivity index (χ3n) is 6.15. The molecule has 2 aliphatic heterocycles. The van der Waals surface area contributed by atoms with Gasteiger partial charge in [0, 0.05) is 37.0 Å². The fourth-order valence-electron chi connectivity index (χ4n) is 4.34. The second-order valence-corrected chi connectivity index (χ2v) is 8.73. The first kappa shape index (κ1) is 19.3. The predicted octanol–water partition coefficient (Wildman–Crippen LogP) is 3.23. The van der Waals surface area contributed by atoms with Crippen LogP contribution in [0.4, 0.5) is 0 Å². The van der Waals surface area contributed by atoms with Crippen molar-refractivity contribution in [2.75, 3.05) is 39.2 Å². The van der Waals surface area contributed by atoms with Crippen LogP contribution in [0.5, 0.6) is 11.5 Å². The first-order valence-corrected chi connectivity index (χ1v) is 11.5. The summed E-state index contributed by atoms with van der Waals surface area (Å²) in [5.41, 5.74) is 1.88. The number of rotatable bonds is 4. The zero-order valence-corrected chi connectivity index (χ0v) is 17.7. The van der Waals surface area contributed by atoms with Gasteiger partial charge in [0.2, 0.25) is 12.7 Å². The average molecular weight is 425 g/mol. The molecule has 7 heteroatoms. The number of carbonyl (C=O) groups is 2. The molecule has 2 aromatic carbocycles. The highest BCUT2D eigenvalue weighted by atomic mass is 32.2.